The number of hydrogen-bond acceptors (Lipinski definition) is 3. The van der Waals surface area contributed by atoms with E-state index in [-0.39, 0.29) is 17.7 Å². The van der Waals surface area contributed by atoms with Crippen LogP contribution in [0.4, 0.5) is 11.4 Å². The molecule has 0 radical (unpaired) electrons. The Kier molecular flexibility index (Phi) is 6.56. The third-order valence-electron chi connectivity index (χ3n) is 5.87. The van der Waals surface area contributed by atoms with Gasteiger partial charge in [-0.05, 0) is 74.6 Å². The van der Waals surface area contributed by atoms with Gasteiger partial charge in [-0.25, -0.2) is 0 Å². The van der Waals surface area contributed by atoms with Gasteiger partial charge >= 0.3 is 0 Å². The van der Waals surface area contributed by atoms with Crippen molar-refractivity contribution in [2.45, 2.75) is 38.5 Å². The second-order valence-electron chi connectivity index (χ2n) is 8.05. The summed E-state index contributed by atoms with van der Waals surface area (Å²) in [5.74, 6) is -0.305. The molecule has 2 aliphatic heterocycles. The zero-order valence-electron chi connectivity index (χ0n) is 17.4. The molecule has 0 aliphatic carbocycles. The van der Waals surface area contributed by atoms with E-state index in [1.165, 1.54) is 0 Å². The van der Waals surface area contributed by atoms with E-state index in [0.717, 1.165) is 50.9 Å². The summed E-state index contributed by atoms with van der Waals surface area (Å²) in [6.45, 7) is 2.16. The quantitative estimate of drug-likeness (QED) is 0.748. The molecule has 2 aromatic carbocycles. The molecule has 6 nitrogen and oxygen atoms in total. The molecule has 0 aromatic heterocycles. The molecule has 3 amide bonds. The second kappa shape index (κ2) is 9.52. The van der Waals surface area contributed by atoms with Gasteiger partial charge in [-0.1, -0.05) is 11.6 Å². The summed E-state index contributed by atoms with van der Waals surface area (Å²) >= 11 is 6.14. The van der Waals surface area contributed by atoms with Crippen molar-refractivity contribution in [3.8, 4) is 0 Å². The number of hydrogen-bond donors (Lipinski definition) is 1. The monoisotopic (exact) mass is 439 g/mol. The summed E-state index contributed by atoms with van der Waals surface area (Å²) in [4.78, 5) is 41.6. The number of carbonyl (C=O) groups excluding carboxylic acids is 3. The average Bonchev–Trinajstić information content (AvgIpc) is 2.80. The first-order valence-corrected chi connectivity index (χ1v) is 11.2. The van der Waals surface area contributed by atoms with E-state index in [4.69, 9.17) is 11.6 Å². The fourth-order valence-corrected chi connectivity index (χ4v) is 4.31. The van der Waals surface area contributed by atoms with E-state index in [1.54, 1.807) is 47.4 Å². The fourth-order valence-electron chi connectivity index (χ4n) is 4.14. The largest absolute Gasteiger partial charge is 0.339 e. The molecule has 2 aromatic rings. The Bertz CT molecular complexity index is 984. The molecule has 0 saturated carbocycles. The highest BCUT2D eigenvalue weighted by molar-refractivity contribution is 6.31. The van der Waals surface area contributed by atoms with Crippen LogP contribution >= 0.6 is 11.6 Å². The number of rotatable bonds is 4. The van der Waals surface area contributed by atoms with Crippen molar-refractivity contribution in [1.82, 2.24) is 4.90 Å². The predicted octanol–water partition coefficient (Wildman–Crippen LogP) is 4.74. The van der Waals surface area contributed by atoms with Gasteiger partial charge in [0.2, 0.25) is 5.91 Å². The van der Waals surface area contributed by atoms with Crippen LogP contribution in [0.5, 0.6) is 0 Å². The predicted molar refractivity (Wildman–Crippen MR) is 122 cm³/mol. The van der Waals surface area contributed by atoms with Gasteiger partial charge in [0.25, 0.3) is 11.8 Å². The number of likely N-dealkylation sites (tertiary alicyclic amines) is 1. The molecule has 4 rings (SSSR count). The molecule has 2 saturated heterocycles. The van der Waals surface area contributed by atoms with Crippen LogP contribution in [0.1, 0.15) is 59.2 Å². The Balaban J connectivity index is 1.51. The molecule has 0 atom stereocenters. The summed E-state index contributed by atoms with van der Waals surface area (Å²) in [6.07, 6.45) is 5.59. The second-order valence-corrected chi connectivity index (χ2v) is 8.48. The molecule has 31 heavy (non-hydrogen) atoms. The van der Waals surface area contributed by atoms with Gasteiger partial charge in [0.05, 0.1) is 11.3 Å². The number of amides is 3. The summed E-state index contributed by atoms with van der Waals surface area (Å²) in [5, 5.41) is 3.29. The van der Waals surface area contributed by atoms with Crippen molar-refractivity contribution in [3.05, 3.63) is 58.6 Å². The molecule has 0 spiro atoms. The minimum absolute atomic E-state index is 0.0920. The van der Waals surface area contributed by atoms with Crippen LogP contribution in [0.25, 0.3) is 0 Å². The third-order valence-corrected chi connectivity index (χ3v) is 6.10. The van der Waals surface area contributed by atoms with Crippen LogP contribution in [0, 0.1) is 0 Å². The SMILES string of the molecule is O=C(Nc1cc(Cl)ccc1C(=O)N1CCCCC1)c1ccc(N2CCCCC2=O)cc1. The van der Waals surface area contributed by atoms with Crippen molar-refractivity contribution in [2.75, 3.05) is 29.9 Å². The van der Waals surface area contributed by atoms with Crippen molar-refractivity contribution in [2.24, 2.45) is 0 Å². The molecule has 7 heteroatoms. The lowest BCUT2D eigenvalue weighted by molar-refractivity contribution is -0.119. The molecule has 1 N–H and O–H groups in total. The standard InChI is InChI=1S/C24H26ClN3O3/c25-18-9-12-20(24(31)27-13-3-1-4-14-27)21(16-18)26-23(30)17-7-10-19(11-8-17)28-15-5-2-6-22(28)29/h7-12,16H,1-6,13-15H2,(H,26,30). The third kappa shape index (κ3) is 4.90. The first kappa shape index (κ1) is 21.4. The van der Waals surface area contributed by atoms with E-state index < -0.39 is 0 Å². The lowest BCUT2D eigenvalue weighted by Crippen LogP contribution is -2.36. The van der Waals surface area contributed by atoms with Gasteiger partial charge in [0, 0.05) is 42.3 Å². The normalized spacial score (nSPS) is 16.9. The smallest absolute Gasteiger partial charge is 0.255 e. The topological polar surface area (TPSA) is 69.7 Å². The molecular formula is C24H26ClN3O3. The number of nitrogens with zero attached hydrogens (tertiary/aromatic N) is 2. The van der Waals surface area contributed by atoms with E-state index in [0.29, 0.717) is 34.8 Å². The van der Waals surface area contributed by atoms with Crippen LogP contribution in [0.15, 0.2) is 42.5 Å². The van der Waals surface area contributed by atoms with Gasteiger partial charge < -0.3 is 15.1 Å². The maximum atomic E-state index is 13.0. The van der Waals surface area contributed by atoms with Crippen LogP contribution in [0.2, 0.25) is 5.02 Å². The lowest BCUT2D eigenvalue weighted by Gasteiger charge is -2.27. The maximum Gasteiger partial charge on any atom is 0.255 e. The van der Waals surface area contributed by atoms with Gasteiger partial charge in [-0.2, -0.15) is 0 Å². The minimum atomic E-state index is -0.327. The van der Waals surface area contributed by atoms with E-state index in [2.05, 4.69) is 5.32 Å². The van der Waals surface area contributed by atoms with Gasteiger partial charge in [-0.3, -0.25) is 14.4 Å². The molecule has 2 fully saturated rings. The first-order valence-electron chi connectivity index (χ1n) is 10.8. The summed E-state index contributed by atoms with van der Waals surface area (Å²) in [5.41, 5.74) is 2.09. The summed E-state index contributed by atoms with van der Waals surface area (Å²) < 4.78 is 0. The molecule has 162 valence electrons. The number of carbonyl (C=O) groups is 3. The minimum Gasteiger partial charge on any atom is -0.339 e. The fraction of sp³-hybridized carbons (Fsp3) is 0.375. The first-order chi connectivity index (χ1) is 15.0. The van der Waals surface area contributed by atoms with Crippen LogP contribution < -0.4 is 10.2 Å². The number of nitrogens with one attached hydrogen (secondary N) is 1. The highest BCUT2D eigenvalue weighted by atomic mass is 35.5. The van der Waals surface area contributed by atoms with Gasteiger partial charge in [-0.15, -0.1) is 0 Å². The number of halogens is 1. The molecular weight excluding hydrogens is 414 g/mol. The van der Waals surface area contributed by atoms with Crippen molar-refractivity contribution >= 4 is 40.7 Å². The Labute approximate surface area is 187 Å². The van der Waals surface area contributed by atoms with E-state index in [1.807, 2.05) is 4.90 Å². The molecule has 2 aliphatic rings. The Hall–Kier alpha value is -2.86. The number of piperidine rings is 2. The van der Waals surface area contributed by atoms with Crippen LogP contribution in [-0.4, -0.2) is 42.3 Å². The van der Waals surface area contributed by atoms with Gasteiger partial charge in [0.15, 0.2) is 0 Å². The van der Waals surface area contributed by atoms with Crippen LogP contribution in [0.3, 0.4) is 0 Å². The molecule has 0 unspecified atom stereocenters. The maximum absolute atomic E-state index is 13.0. The van der Waals surface area contributed by atoms with Crippen molar-refractivity contribution in [1.29, 1.82) is 0 Å². The summed E-state index contributed by atoms with van der Waals surface area (Å²) in [7, 11) is 0. The van der Waals surface area contributed by atoms with Crippen LogP contribution in [-0.2, 0) is 4.79 Å². The van der Waals surface area contributed by atoms with E-state index >= 15 is 0 Å². The summed E-state index contributed by atoms with van der Waals surface area (Å²) in [6, 6.07) is 11.9. The highest BCUT2D eigenvalue weighted by Gasteiger charge is 2.23. The number of anilines is 2. The Morgan fingerprint density at radius 3 is 2.29 bits per heavy atom. The van der Waals surface area contributed by atoms with Crippen molar-refractivity contribution in [3.63, 3.8) is 0 Å². The Morgan fingerprint density at radius 1 is 0.871 bits per heavy atom. The zero-order chi connectivity index (χ0) is 21.8. The average molecular weight is 440 g/mol. The van der Waals surface area contributed by atoms with E-state index in [9.17, 15) is 14.4 Å². The zero-order valence-corrected chi connectivity index (χ0v) is 18.2. The lowest BCUT2D eigenvalue weighted by atomic mass is 10.1. The number of benzene rings is 2. The molecule has 2 heterocycles. The Morgan fingerprint density at radius 2 is 1.58 bits per heavy atom. The van der Waals surface area contributed by atoms with Crippen molar-refractivity contribution < 1.29 is 14.4 Å². The highest BCUT2D eigenvalue weighted by Crippen LogP contribution is 2.26. The van der Waals surface area contributed by atoms with Gasteiger partial charge in [0.1, 0.15) is 0 Å². The molecule has 0 bridgehead atoms.